The molecule has 1 atom stereocenters. The van der Waals surface area contributed by atoms with Crippen molar-refractivity contribution in [2.24, 2.45) is 5.73 Å². The summed E-state index contributed by atoms with van der Waals surface area (Å²) in [5, 5.41) is 0. The van der Waals surface area contributed by atoms with Crippen molar-refractivity contribution in [2.45, 2.75) is 58.0 Å². The number of anilines is 1. The monoisotopic (exact) mass is 264 g/mol. The van der Waals surface area contributed by atoms with E-state index < -0.39 is 0 Å². The fourth-order valence-corrected chi connectivity index (χ4v) is 2.55. The van der Waals surface area contributed by atoms with Crippen molar-refractivity contribution < 1.29 is 4.39 Å². The molecule has 2 N–H and O–H groups in total. The molecule has 0 aromatic heterocycles. The van der Waals surface area contributed by atoms with E-state index in [0.29, 0.717) is 12.5 Å². The summed E-state index contributed by atoms with van der Waals surface area (Å²) in [7, 11) is 0. The second-order valence-electron chi connectivity index (χ2n) is 5.70. The van der Waals surface area contributed by atoms with Crippen LogP contribution in [0, 0.1) is 5.82 Å². The minimum absolute atomic E-state index is 0.0112. The number of nitrogens with zero attached hydrogens (tertiary/aromatic N) is 1. The van der Waals surface area contributed by atoms with E-state index in [9.17, 15) is 4.39 Å². The number of rotatable bonds is 7. The first-order valence-corrected chi connectivity index (χ1v) is 7.43. The highest BCUT2D eigenvalue weighted by molar-refractivity contribution is 5.56. The second kappa shape index (κ2) is 6.38. The average molecular weight is 264 g/mol. The van der Waals surface area contributed by atoms with Crippen LogP contribution >= 0.6 is 0 Å². The smallest absolute Gasteiger partial charge is 0.128 e. The van der Waals surface area contributed by atoms with Crippen LogP contribution in [0.3, 0.4) is 0 Å². The van der Waals surface area contributed by atoms with E-state index in [1.807, 2.05) is 13.0 Å². The molecule has 2 nitrogen and oxygen atoms in total. The van der Waals surface area contributed by atoms with Gasteiger partial charge >= 0.3 is 0 Å². The number of unbranched alkanes of at least 4 members (excludes halogenated alkanes) is 1. The maximum absolute atomic E-state index is 14.1. The Labute approximate surface area is 115 Å². The van der Waals surface area contributed by atoms with Crippen molar-refractivity contribution in [3.8, 4) is 0 Å². The Morgan fingerprint density at radius 2 is 2.16 bits per heavy atom. The molecule has 2 rings (SSSR count). The van der Waals surface area contributed by atoms with Gasteiger partial charge in [-0.05, 0) is 44.7 Å². The molecular weight excluding hydrogens is 239 g/mol. The first-order chi connectivity index (χ1) is 9.13. The summed E-state index contributed by atoms with van der Waals surface area (Å²) < 4.78 is 14.1. The van der Waals surface area contributed by atoms with Crippen LogP contribution in [0.25, 0.3) is 0 Å². The average Bonchev–Trinajstić information content (AvgIpc) is 3.17. The molecule has 1 aromatic rings. The zero-order valence-electron chi connectivity index (χ0n) is 12.0. The predicted octanol–water partition coefficient (Wildman–Crippen LogP) is 3.48. The van der Waals surface area contributed by atoms with Crippen LogP contribution in [0.2, 0.25) is 0 Å². The SMILES string of the molecule is CCCCN(c1cccc(F)c1CC(C)N)C1CC1. The third-order valence-electron chi connectivity index (χ3n) is 3.67. The van der Waals surface area contributed by atoms with Crippen LogP contribution in [0.4, 0.5) is 10.1 Å². The maximum Gasteiger partial charge on any atom is 0.128 e. The summed E-state index contributed by atoms with van der Waals surface area (Å²) >= 11 is 0. The molecule has 106 valence electrons. The van der Waals surface area contributed by atoms with Gasteiger partial charge in [-0.1, -0.05) is 19.4 Å². The molecular formula is C16H25FN2. The largest absolute Gasteiger partial charge is 0.368 e. The van der Waals surface area contributed by atoms with E-state index in [0.717, 1.165) is 24.2 Å². The van der Waals surface area contributed by atoms with Gasteiger partial charge in [-0.15, -0.1) is 0 Å². The lowest BCUT2D eigenvalue weighted by Crippen LogP contribution is -2.29. The van der Waals surface area contributed by atoms with Gasteiger partial charge in [0.05, 0.1) is 0 Å². The second-order valence-corrected chi connectivity index (χ2v) is 5.70. The zero-order valence-corrected chi connectivity index (χ0v) is 12.0. The molecule has 3 heteroatoms. The molecule has 19 heavy (non-hydrogen) atoms. The zero-order chi connectivity index (χ0) is 13.8. The summed E-state index contributed by atoms with van der Waals surface area (Å²) in [5.74, 6) is -0.114. The summed E-state index contributed by atoms with van der Waals surface area (Å²) in [5.41, 5.74) is 7.72. The van der Waals surface area contributed by atoms with Crippen LogP contribution in [0.15, 0.2) is 18.2 Å². The van der Waals surface area contributed by atoms with Crippen molar-refractivity contribution in [1.82, 2.24) is 0 Å². The van der Waals surface area contributed by atoms with E-state index >= 15 is 0 Å². The van der Waals surface area contributed by atoms with Crippen LogP contribution in [-0.2, 0) is 6.42 Å². The topological polar surface area (TPSA) is 29.3 Å². The lowest BCUT2D eigenvalue weighted by atomic mass is 10.0. The van der Waals surface area contributed by atoms with Gasteiger partial charge in [-0.25, -0.2) is 4.39 Å². The fraction of sp³-hybridized carbons (Fsp3) is 0.625. The van der Waals surface area contributed by atoms with Crippen molar-refractivity contribution >= 4 is 5.69 Å². The molecule has 0 heterocycles. The quantitative estimate of drug-likeness (QED) is 0.817. The third kappa shape index (κ3) is 3.69. The maximum atomic E-state index is 14.1. The van der Waals surface area contributed by atoms with Crippen molar-refractivity contribution in [3.63, 3.8) is 0 Å². The van der Waals surface area contributed by atoms with E-state index in [1.165, 1.54) is 19.3 Å². The van der Waals surface area contributed by atoms with Gasteiger partial charge in [0.1, 0.15) is 5.82 Å². The molecule has 1 aromatic carbocycles. The Morgan fingerprint density at radius 1 is 1.42 bits per heavy atom. The van der Waals surface area contributed by atoms with Gasteiger partial charge in [0, 0.05) is 29.9 Å². The molecule has 1 fully saturated rings. The molecule has 1 unspecified atom stereocenters. The fourth-order valence-electron chi connectivity index (χ4n) is 2.55. The van der Waals surface area contributed by atoms with Crippen molar-refractivity contribution in [1.29, 1.82) is 0 Å². The van der Waals surface area contributed by atoms with Crippen molar-refractivity contribution in [2.75, 3.05) is 11.4 Å². The molecule has 1 aliphatic carbocycles. The summed E-state index contributed by atoms with van der Waals surface area (Å²) in [6.45, 7) is 5.15. The van der Waals surface area contributed by atoms with E-state index in [-0.39, 0.29) is 11.9 Å². The molecule has 0 aliphatic heterocycles. The van der Waals surface area contributed by atoms with Gasteiger partial charge < -0.3 is 10.6 Å². The molecule has 0 saturated heterocycles. The number of hydrogen-bond donors (Lipinski definition) is 1. The first kappa shape index (κ1) is 14.3. The standard InChI is InChI=1S/C16H25FN2/c1-3-4-10-19(13-8-9-13)16-7-5-6-15(17)14(16)11-12(2)18/h5-7,12-13H,3-4,8-11,18H2,1-2H3. The lowest BCUT2D eigenvalue weighted by Gasteiger charge is -2.28. The predicted molar refractivity (Wildman–Crippen MR) is 79.0 cm³/mol. The molecule has 1 aliphatic rings. The highest BCUT2D eigenvalue weighted by atomic mass is 19.1. The number of hydrogen-bond acceptors (Lipinski definition) is 2. The minimum atomic E-state index is -0.114. The van der Waals surface area contributed by atoms with E-state index in [1.54, 1.807) is 6.07 Å². The normalized spacial score (nSPS) is 16.4. The number of nitrogens with two attached hydrogens (primary N) is 1. The molecule has 0 spiro atoms. The third-order valence-corrected chi connectivity index (χ3v) is 3.67. The van der Waals surface area contributed by atoms with Gasteiger partial charge in [0.2, 0.25) is 0 Å². The summed E-state index contributed by atoms with van der Waals surface area (Å²) in [6.07, 6.45) is 5.40. The Balaban J connectivity index is 2.27. The molecule has 0 amide bonds. The minimum Gasteiger partial charge on any atom is -0.368 e. The van der Waals surface area contributed by atoms with E-state index in [4.69, 9.17) is 5.73 Å². The van der Waals surface area contributed by atoms with Crippen LogP contribution in [0.1, 0.15) is 45.1 Å². The van der Waals surface area contributed by atoms with Crippen LogP contribution in [0.5, 0.6) is 0 Å². The Hall–Kier alpha value is -1.09. The Morgan fingerprint density at radius 3 is 2.74 bits per heavy atom. The summed E-state index contributed by atoms with van der Waals surface area (Å²) in [4.78, 5) is 2.39. The lowest BCUT2D eigenvalue weighted by molar-refractivity contribution is 0.592. The van der Waals surface area contributed by atoms with Crippen molar-refractivity contribution in [3.05, 3.63) is 29.6 Å². The summed E-state index contributed by atoms with van der Waals surface area (Å²) in [6, 6.07) is 6.01. The highest BCUT2D eigenvalue weighted by Gasteiger charge is 2.30. The van der Waals surface area contributed by atoms with Gasteiger partial charge in [0.15, 0.2) is 0 Å². The Bertz CT molecular complexity index is 413. The number of halogens is 1. The van der Waals surface area contributed by atoms with Crippen LogP contribution in [-0.4, -0.2) is 18.6 Å². The van der Waals surface area contributed by atoms with E-state index in [2.05, 4.69) is 17.9 Å². The Kier molecular flexibility index (Phi) is 4.81. The molecule has 0 radical (unpaired) electrons. The highest BCUT2D eigenvalue weighted by Crippen LogP contribution is 2.35. The number of benzene rings is 1. The first-order valence-electron chi connectivity index (χ1n) is 7.43. The van der Waals surface area contributed by atoms with Crippen LogP contribution < -0.4 is 10.6 Å². The van der Waals surface area contributed by atoms with Gasteiger partial charge in [0.25, 0.3) is 0 Å². The van der Waals surface area contributed by atoms with Gasteiger partial charge in [-0.2, -0.15) is 0 Å². The molecule has 1 saturated carbocycles. The molecule has 0 bridgehead atoms. The van der Waals surface area contributed by atoms with Gasteiger partial charge in [-0.3, -0.25) is 0 Å².